The van der Waals surface area contributed by atoms with Crippen molar-refractivity contribution >= 4 is 23.6 Å². The van der Waals surface area contributed by atoms with Gasteiger partial charge in [0.25, 0.3) is 0 Å². The lowest BCUT2D eigenvalue weighted by Gasteiger charge is -2.05. The van der Waals surface area contributed by atoms with Gasteiger partial charge in [-0.2, -0.15) is 0 Å². The molecule has 0 spiro atoms. The van der Waals surface area contributed by atoms with Crippen molar-refractivity contribution in [2.45, 2.75) is 19.4 Å². The first kappa shape index (κ1) is 12.2. The molecule has 0 saturated carbocycles. The fourth-order valence-electron chi connectivity index (χ4n) is 0.559. The zero-order chi connectivity index (χ0) is 10.3. The molecule has 0 aliphatic carbocycles. The van der Waals surface area contributed by atoms with Gasteiger partial charge in [0.1, 0.15) is 6.04 Å². The van der Waals surface area contributed by atoms with E-state index in [4.69, 9.17) is 10.8 Å². The minimum Gasteiger partial charge on any atom is -0.480 e. The summed E-state index contributed by atoms with van der Waals surface area (Å²) >= 11 is 1.45. The standard InChI is InChI=1S/C7H14N2O3S/c1-5(10)9-4-13-3-2-6(8)7(11)12/h6H,2-4,8H2,1H3,(H,9,10)(H,11,12)/t6-/m1/s1. The highest BCUT2D eigenvalue weighted by atomic mass is 32.2. The number of carboxylic acid groups (broad SMARTS) is 1. The first-order chi connectivity index (χ1) is 6.04. The van der Waals surface area contributed by atoms with Gasteiger partial charge in [0.05, 0.1) is 5.88 Å². The van der Waals surface area contributed by atoms with Gasteiger partial charge in [0.15, 0.2) is 0 Å². The van der Waals surface area contributed by atoms with E-state index in [0.717, 1.165) is 0 Å². The average Bonchev–Trinajstić information content (AvgIpc) is 2.02. The van der Waals surface area contributed by atoms with Crippen LogP contribution in [0.25, 0.3) is 0 Å². The largest absolute Gasteiger partial charge is 0.480 e. The number of aliphatic carboxylic acids is 1. The maximum absolute atomic E-state index is 10.4. The Hall–Kier alpha value is -0.750. The van der Waals surface area contributed by atoms with Crippen LogP contribution >= 0.6 is 11.8 Å². The molecule has 76 valence electrons. The number of rotatable bonds is 6. The second-order valence-corrected chi connectivity index (χ2v) is 3.62. The van der Waals surface area contributed by atoms with Crippen molar-refractivity contribution in [2.75, 3.05) is 11.6 Å². The molecule has 1 atom stereocenters. The first-order valence-electron chi connectivity index (χ1n) is 3.84. The predicted octanol–water partition coefficient (Wildman–Crippen LogP) is -0.385. The summed E-state index contributed by atoms with van der Waals surface area (Å²) < 4.78 is 0. The molecular formula is C7H14N2O3S. The fraction of sp³-hybridized carbons (Fsp3) is 0.714. The van der Waals surface area contributed by atoms with Crippen LogP contribution in [0.2, 0.25) is 0 Å². The van der Waals surface area contributed by atoms with Gasteiger partial charge in [0, 0.05) is 6.92 Å². The van der Waals surface area contributed by atoms with Crippen molar-refractivity contribution in [1.82, 2.24) is 5.32 Å². The van der Waals surface area contributed by atoms with Crippen LogP contribution in [0, 0.1) is 0 Å². The quantitative estimate of drug-likeness (QED) is 0.407. The summed E-state index contributed by atoms with van der Waals surface area (Å²) in [6, 6.07) is -0.801. The zero-order valence-electron chi connectivity index (χ0n) is 7.45. The number of nitrogens with two attached hydrogens (primary N) is 1. The van der Waals surface area contributed by atoms with Crippen molar-refractivity contribution < 1.29 is 14.7 Å². The molecule has 5 nitrogen and oxygen atoms in total. The summed E-state index contributed by atoms with van der Waals surface area (Å²) in [7, 11) is 0. The molecule has 0 aromatic rings. The van der Waals surface area contributed by atoms with Crippen molar-refractivity contribution in [3.05, 3.63) is 0 Å². The zero-order valence-corrected chi connectivity index (χ0v) is 8.26. The molecule has 4 N–H and O–H groups in total. The second-order valence-electron chi connectivity index (χ2n) is 2.52. The number of carboxylic acids is 1. The monoisotopic (exact) mass is 206 g/mol. The number of thioether (sulfide) groups is 1. The summed E-state index contributed by atoms with van der Waals surface area (Å²) in [6.07, 6.45) is 0.416. The molecule has 0 fully saturated rings. The van der Waals surface area contributed by atoms with E-state index < -0.39 is 12.0 Å². The van der Waals surface area contributed by atoms with Crippen LogP contribution < -0.4 is 11.1 Å². The molecule has 0 aromatic heterocycles. The van der Waals surface area contributed by atoms with Crippen molar-refractivity contribution in [3.8, 4) is 0 Å². The van der Waals surface area contributed by atoms with E-state index in [1.165, 1.54) is 18.7 Å². The summed E-state index contributed by atoms with van der Waals surface area (Å²) in [5, 5.41) is 11.0. The van der Waals surface area contributed by atoms with Gasteiger partial charge in [-0.15, -0.1) is 11.8 Å². The van der Waals surface area contributed by atoms with Crippen LogP contribution in [0.3, 0.4) is 0 Å². The number of hydrogen-bond donors (Lipinski definition) is 3. The van der Waals surface area contributed by atoms with Crippen LogP contribution in [0.5, 0.6) is 0 Å². The number of carbonyl (C=O) groups excluding carboxylic acids is 1. The Kier molecular flexibility index (Phi) is 6.34. The molecule has 0 rings (SSSR count). The Morgan fingerprint density at radius 1 is 1.62 bits per heavy atom. The Morgan fingerprint density at radius 2 is 2.23 bits per heavy atom. The molecular weight excluding hydrogens is 192 g/mol. The van der Waals surface area contributed by atoms with Crippen LogP contribution in [-0.4, -0.2) is 34.7 Å². The van der Waals surface area contributed by atoms with Crippen LogP contribution in [-0.2, 0) is 9.59 Å². The van der Waals surface area contributed by atoms with Crippen LogP contribution in [0.1, 0.15) is 13.3 Å². The van der Waals surface area contributed by atoms with Crippen molar-refractivity contribution in [3.63, 3.8) is 0 Å². The van der Waals surface area contributed by atoms with Crippen LogP contribution in [0.15, 0.2) is 0 Å². The molecule has 0 aliphatic heterocycles. The van der Waals surface area contributed by atoms with E-state index in [-0.39, 0.29) is 5.91 Å². The smallest absolute Gasteiger partial charge is 0.320 e. The Balaban J connectivity index is 3.26. The Labute approximate surface area is 81.1 Å². The summed E-state index contributed by atoms with van der Waals surface area (Å²) in [5.74, 6) is 0.0604. The van der Waals surface area contributed by atoms with E-state index >= 15 is 0 Å². The molecule has 13 heavy (non-hydrogen) atoms. The molecule has 1 amide bonds. The van der Waals surface area contributed by atoms with Gasteiger partial charge in [-0.25, -0.2) is 0 Å². The highest BCUT2D eigenvalue weighted by Gasteiger charge is 2.09. The molecule has 6 heteroatoms. The van der Waals surface area contributed by atoms with Crippen LogP contribution in [0.4, 0.5) is 0 Å². The van der Waals surface area contributed by atoms with Crippen molar-refractivity contribution in [2.24, 2.45) is 5.73 Å². The van der Waals surface area contributed by atoms with Gasteiger partial charge >= 0.3 is 5.97 Å². The number of nitrogens with one attached hydrogen (secondary N) is 1. The molecule has 0 aromatic carbocycles. The lowest BCUT2D eigenvalue weighted by atomic mass is 10.2. The van der Waals surface area contributed by atoms with E-state index in [9.17, 15) is 9.59 Å². The maximum atomic E-state index is 10.4. The molecule has 0 aliphatic rings. The fourth-order valence-corrected chi connectivity index (χ4v) is 1.43. The third-order valence-corrected chi connectivity index (χ3v) is 2.19. The molecule has 0 saturated heterocycles. The van der Waals surface area contributed by atoms with Gasteiger partial charge < -0.3 is 16.2 Å². The highest BCUT2D eigenvalue weighted by molar-refractivity contribution is 7.99. The van der Waals surface area contributed by atoms with E-state index in [1.54, 1.807) is 0 Å². The molecule has 0 unspecified atom stereocenters. The molecule has 0 bridgehead atoms. The highest BCUT2D eigenvalue weighted by Crippen LogP contribution is 2.01. The SMILES string of the molecule is CC(=O)NCSCC[C@@H](N)C(=O)O. The second kappa shape index (κ2) is 6.73. The molecule has 0 radical (unpaired) electrons. The van der Waals surface area contributed by atoms with Gasteiger partial charge in [-0.05, 0) is 12.2 Å². The number of carbonyl (C=O) groups is 2. The summed E-state index contributed by atoms with van der Waals surface area (Å²) in [6.45, 7) is 1.43. The van der Waals surface area contributed by atoms with Crippen molar-refractivity contribution in [1.29, 1.82) is 0 Å². The number of amides is 1. The van der Waals surface area contributed by atoms with E-state index in [1.807, 2.05) is 0 Å². The van der Waals surface area contributed by atoms with E-state index in [0.29, 0.717) is 18.1 Å². The minimum absolute atomic E-state index is 0.0879. The lowest BCUT2D eigenvalue weighted by molar-refractivity contribution is -0.138. The van der Waals surface area contributed by atoms with Gasteiger partial charge in [0.2, 0.25) is 5.91 Å². The lowest BCUT2D eigenvalue weighted by Crippen LogP contribution is -2.30. The average molecular weight is 206 g/mol. The minimum atomic E-state index is -0.986. The third-order valence-electron chi connectivity index (χ3n) is 1.31. The maximum Gasteiger partial charge on any atom is 0.320 e. The van der Waals surface area contributed by atoms with Gasteiger partial charge in [-0.3, -0.25) is 9.59 Å². The first-order valence-corrected chi connectivity index (χ1v) is 5.00. The number of hydrogen-bond acceptors (Lipinski definition) is 4. The third kappa shape index (κ3) is 7.61. The summed E-state index contributed by atoms with van der Waals surface area (Å²) in [4.78, 5) is 20.7. The predicted molar refractivity (Wildman–Crippen MR) is 51.4 cm³/mol. The molecule has 0 heterocycles. The Morgan fingerprint density at radius 3 is 2.69 bits per heavy atom. The van der Waals surface area contributed by atoms with E-state index in [2.05, 4.69) is 5.32 Å². The normalized spacial score (nSPS) is 12.2. The van der Waals surface area contributed by atoms with Gasteiger partial charge in [-0.1, -0.05) is 0 Å². The Bertz CT molecular complexity index is 187. The topological polar surface area (TPSA) is 92.4 Å². The summed E-state index contributed by atoms with van der Waals surface area (Å²) in [5.41, 5.74) is 5.26.